The molecule has 10 heavy (non-hydrogen) atoms. The lowest BCUT2D eigenvalue weighted by Crippen LogP contribution is -2.26. The Morgan fingerprint density at radius 3 is 2.60 bits per heavy atom. The van der Waals surface area contributed by atoms with Gasteiger partial charge in [-0.2, -0.15) is 10.5 Å². The van der Waals surface area contributed by atoms with Crippen LogP contribution in [0.1, 0.15) is 11.4 Å². The van der Waals surface area contributed by atoms with E-state index in [0.717, 1.165) is 0 Å². The number of nitrogens with zero attached hydrogens (tertiary/aromatic N) is 4. The van der Waals surface area contributed by atoms with E-state index in [1.54, 1.807) is 0 Å². The fourth-order valence-electron chi connectivity index (χ4n) is 0.416. The highest BCUT2D eigenvalue weighted by Gasteiger charge is 2.16. The summed E-state index contributed by atoms with van der Waals surface area (Å²) >= 11 is 0. The van der Waals surface area contributed by atoms with Crippen molar-refractivity contribution in [3.63, 3.8) is 0 Å². The molecule has 0 aromatic carbocycles. The standard InChI is InChI=1S/C4N4O2/c5-1-3-4(2-6)8(9)10-7-3. The molecule has 0 radical (unpaired) electrons. The molecule has 6 nitrogen and oxygen atoms in total. The van der Waals surface area contributed by atoms with E-state index in [-0.39, 0.29) is 10.6 Å². The van der Waals surface area contributed by atoms with Gasteiger partial charge in [0.1, 0.15) is 0 Å². The molecular weight excluding hydrogens is 136 g/mol. The summed E-state index contributed by atoms with van der Waals surface area (Å²) < 4.78 is 3.94. The maximum Gasteiger partial charge on any atom is 0.335 e. The molecule has 6 heteroatoms. The smallest absolute Gasteiger partial charge is 0.335 e. The van der Waals surface area contributed by atoms with Gasteiger partial charge in [0.25, 0.3) is 0 Å². The fourth-order valence-corrected chi connectivity index (χ4v) is 0.416. The Balaban J connectivity index is 3.34. The van der Waals surface area contributed by atoms with Crippen molar-refractivity contribution >= 4 is 0 Å². The van der Waals surface area contributed by atoms with Gasteiger partial charge in [0.2, 0.25) is 0 Å². The Morgan fingerprint density at radius 2 is 2.20 bits per heavy atom. The van der Waals surface area contributed by atoms with Crippen LogP contribution in [0.15, 0.2) is 4.63 Å². The van der Waals surface area contributed by atoms with Crippen molar-refractivity contribution in [1.29, 1.82) is 10.5 Å². The molecule has 0 aliphatic heterocycles. The predicted molar refractivity (Wildman–Crippen MR) is 24.9 cm³/mol. The Kier molecular flexibility index (Phi) is 1.23. The van der Waals surface area contributed by atoms with Crippen molar-refractivity contribution in [2.45, 2.75) is 0 Å². The van der Waals surface area contributed by atoms with E-state index in [4.69, 9.17) is 10.5 Å². The van der Waals surface area contributed by atoms with Gasteiger partial charge in [-0.3, -0.25) is 4.63 Å². The second-order valence-corrected chi connectivity index (χ2v) is 1.35. The Hall–Kier alpha value is -2.08. The molecule has 1 heterocycles. The van der Waals surface area contributed by atoms with Gasteiger partial charge in [-0.05, 0) is 4.90 Å². The van der Waals surface area contributed by atoms with Crippen LogP contribution in [0.2, 0.25) is 0 Å². The van der Waals surface area contributed by atoms with Gasteiger partial charge in [0.15, 0.2) is 12.1 Å². The van der Waals surface area contributed by atoms with Crippen LogP contribution in [-0.2, 0) is 0 Å². The van der Waals surface area contributed by atoms with E-state index in [9.17, 15) is 5.21 Å². The number of rotatable bonds is 0. The molecule has 0 unspecified atom stereocenters. The summed E-state index contributed by atoms with van der Waals surface area (Å²) in [7, 11) is 0. The number of nitriles is 2. The first-order chi connectivity index (χ1) is 4.79. The molecule has 0 amide bonds. The zero-order valence-corrected chi connectivity index (χ0v) is 4.61. The third kappa shape index (κ3) is 0.644. The highest BCUT2D eigenvalue weighted by molar-refractivity contribution is 5.29. The SMILES string of the molecule is N#Cc1no[n+]([O-])c1C#N. The third-order valence-corrected chi connectivity index (χ3v) is 0.825. The quantitative estimate of drug-likeness (QED) is 0.428. The summed E-state index contributed by atoms with van der Waals surface area (Å²) in [5.74, 6) is 0. The molecule has 0 atom stereocenters. The van der Waals surface area contributed by atoms with Crippen molar-refractivity contribution in [1.82, 2.24) is 5.16 Å². The van der Waals surface area contributed by atoms with E-state index < -0.39 is 5.69 Å². The molecule has 0 saturated carbocycles. The van der Waals surface area contributed by atoms with Crippen LogP contribution >= 0.6 is 0 Å². The first-order valence-electron chi connectivity index (χ1n) is 2.19. The lowest BCUT2D eigenvalue weighted by molar-refractivity contribution is -0.804. The van der Waals surface area contributed by atoms with Crippen LogP contribution in [0.4, 0.5) is 0 Å². The van der Waals surface area contributed by atoms with Gasteiger partial charge in [-0.1, -0.05) is 0 Å². The molecular formula is C4N4O2. The molecule has 0 aliphatic carbocycles. The third-order valence-electron chi connectivity index (χ3n) is 0.825. The summed E-state index contributed by atoms with van der Waals surface area (Å²) in [5.41, 5.74) is -0.708. The van der Waals surface area contributed by atoms with E-state index in [2.05, 4.69) is 9.79 Å². The molecule has 0 spiro atoms. The lowest BCUT2D eigenvalue weighted by Gasteiger charge is -1.79. The van der Waals surface area contributed by atoms with Crippen LogP contribution in [-0.4, -0.2) is 5.16 Å². The van der Waals surface area contributed by atoms with Gasteiger partial charge < -0.3 is 5.21 Å². The summed E-state index contributed by atoms with van der Waals surface area (Å²) in [5, 5.41) is 29.7. The summed E-state index contributed by atoms with van der Waals surface area (Å²) in [4.78, 5) is -0.113. The van der Waals surface area contributed by atoms with Crippen molar-refractivity contribution in [3.05, 3.63) is 16.6 Å². The molecule has 1 aromatic rings. The molecule has 1 aromatic heterocycles. The molecule has 0 saturated heterocycles. The second kappa shape index (κ2) is 2.03. The molecule has 0 fully saturated rings. The van der Waals surface area contributed by atoms with Crippen LogP contribution in [0.25, 0.3) is 0 Å². The fraction of sp³-hybridized carbons (Fsp3) is 0. The molecule has 0 aliphatic rings. The van der Waals surface area contributed by atoms with E-state index in [0.29, 0.717) is 0 Å². The minimum Gasteiger partial charge on any atom is -0.358 e. The Bertz CT molecular complexity index is 328. The summed E-state index contributed by atoms with van der Waals surface area (Å²) in [6.45, 7) is 0. The highest BCUT2D eigenvalue weighted by Crippen LogP contribution is 1.94. The summed E-state index contributed by atoms with van der Waals surface area (Å²) in [6.07, 6.45) is 0. The van der Waals surface area contributed by atoms with Crippen molar-refractivity contribution < 1.29 is 9.53 Å². The van der Waals surface area contributed by atoms with Crippen LogP contribution in [0, 0.1) is 27.9 Å². The molecule has 1 rings (SSSR count). The average molecular weight is 136 g/mol. The van der Waals surface area contributed by atoms with Crippen molar-refractivity contribution in [2.75, 3.05) is 0 Å². The first-order valence-corrected chi connectivity index (χ1v) is 2.19. The topological polar surface area (TPSA) is 101 Å². The molecule has 0 N–H and O–H groups in total. The summed E-state index contributed by atoms with van der Waals surface area (Å²) in [6, 6.07) is 2.99. The number of aromatic nitrogens is 2. The Labute approximate surface area is 55.0 Å². The second-order valence-electron chi connectivity index (χ2n) is 1.35. The van der Waals surface area contributed by atoms with Crippen LogP contribution in [0.3, 0.4) is 0 Å². The monoisotopic (exact) mass is 136 g/mol. The van der Waals surface area contributed by atoms with E-state index in [1.807, 2.05) is 0 Å². The maximum atomic E-state index is 10.3. The van der Waals surface area contributed by atoms with Crippen molar-refractivity contribution in [2.24, 2.45) is 0 Å². The largest absolute Gasteiger partial charge is 0.358 e. The zero-order valence-electron chi connectivity index (χ0n) is 4.61. The maximum absolute atomic E-state index is 10.3. The minimum absolute atomic E-state index is 0.113. The van der Waals surface area contributed by atoms with Crippen molar-refractivity contribution in [3.8, 4) is 12.1 Å². The van der Waals surface area contributed by atoms with E-state index >= 15 is 0 Å². The van der Waals surface area contributed by atoms with E-state index in [1.165, 1.54) is 12.1 Å². The van der Waals surface area contributed by atoms with Gasteiger partial charge in [0, 0.05) is 0 Å². The molecule has 48 valence electrons. The minimum atomic E-state index is -0.414. The van der Waals surface area contributed by atoms with Gasteiger partial charge in [0.05, 0.1) is 5.16 Å². The Morgan fingerprint density at radius 1 is 1.50 bits per heavy atom. The highest BCUT2D eigenvalue weighted by atomic mass is 16.8. The van der Waals surface area contributed by atoms with Crippen LogP contribution in [0.5, 0.6) is 0 Å². The first kappa shape index (κ1) is 6.05. The average Bonchev–Trinajstić information content (AvgIpc) is 2.30. The van der Waals surface area contributed by atoms with Gasteiger partial charge in [-0.15, -0.1) is 0 Å². The van der Waals surface area contributed by atoms with Crippen LogP contribution < -0.4 is 4.90 Å². The van der Waals surface area contributed by atoms with Gasteiger partial charge >= 0.3 is 11.4 Å². The lowest BCUT2D eigenvalue weighted by atomic mass is 10.4. The predicted octanol–water partition coefficient (Wildman–Crippen LogP) is -0.949. The normalized spacial score (nSPS) is 8.20. The van der Waals surface area contributed by atoms with Gasteiger partial charge in [-0.25, -0.2) is 0 Å². The molecule has 0 bridgehead atoms. The zero-order chi connectivity index (χ0) is 7.56. The number of hydrogen-bond acceptors (Lipinski definition) is 5. The number of hydrogen-bond donors (Lipinski definition) is 0.